The Bertz CT molecular complexity index is 493. The van der Waals surface area contributed by atoms with Gasteiger partial charge in [0.25, 0.3) is 0 Å². The Balaban J connectivity index is 2.15. The fourth-order valence-electron chi connectivity index (χ4n) is 1.98. The number of halogens is 2. The molecule has 0 aliphatic rings. The van der Waals surface area contributed by atoms with Gasteiger partial charge in [0.05, 0.1) is 0 Å². The number of nitrogens with one attached hydrogen (secondary N) is 1. The molecule has 19 heavy (non-hydrogen) atoms. The van der Waals surface area contributed by atoms with Gasteiger partial charge >= 0.3 is 0 Å². The highest BCUT2D eigenvalue weighted by atomic mass is 79.9. The van der Waals surface area contributed by atoms with Gasteiger partial charge in [-0.2, -0.15) is 0 Å². The molecule has 1 unspecified atom stereocenters. The molecule has 1 aromatic heterocycles. The van der Waals surface area contributed by atoms with E-state index >= 15 is 0 Å². The first-order valence-corrected chi connectivity index (χ1v) is 8.41. The maximum atomic E-state index is 6.15. The summed E-state index contributed by atoms with van der Waals surface area (Å²) >= 11 is 11.3. The minimum atomic E-state index is 0.330. The molecular weight excluding hydrogens is 342 g/mol. The van der Waals surface area contributed by atoms with Crippen molar-refractivity contribution in [1.82, 2.24) is 5.32 Å². The molecule has 0 spiro atoms. The number of rotatable bonds is 6. The Morgan fingerprint density at radius 2 is 2.05 bits per heavy atom. The fourth-order valence-corrected chi connectivity index (χ4v) is 3.79. The lowest BCUT2D eigenvalue weighted by molar-refractivity contribution is 0.536. The second-order valence-corrected chi connectivity index (χ2v) is 7.01. The van der Waals surface area contributed by atoms with Gasteiger partial charge in [0.1, 0.15) is 4.34 Å². The van der Waals surface area contributed by atoms with Crippen LogP contribution in [0.25, 0.3) is 0 Å². The summed E-state index contributed by atoms with van der Waals surface area (Å²) in [6, 6.07) is 13.0. The Labute approximate surface area is 132 Å². The highest BCUT2D eigenvalue weighted by Crippen LogP contribution is 2.36. The molecule has 1 N–H and O–H groups in total. The average molecular weight is 359 g/mol. The molecule has 1 aromatic carbocycles. The van der Waals surface area contributed by atoms with E-state index in [1.165, 1.54) is 10.4 Å². The minimum Gasteiger partial charge on any atom is -0.309 e. The third-order valence-electron chi connectivity index (χ3n) is 2.93. The van der Waals surface area contributed by atoms with E-state index in [1.54, 1.807) is 11.3 Å². The van der Waals surface area contributed by atoms with Crippen LogP contribution in [0.4, 0.5) is 0 Å². The molecule has 102 valence electrons. The van der Waals surface area contributed by atoms with Gasteiger partial charge in [-0.1, -0.05) is 48.9 Å². The molecule has 0 fully saturated rings. The van der Waals surface area contributed by atoms with E-state index in [-0.39, 0.29) is 0 Å². The van der Waals surface area contributed by atoms with Crippen molar-refractivity contribution in [3.63, 3.8) is 0 Å². The summed E-state index contributed by atoms with van der Waals surface area (Å²) in [4.78, 5) is 1.29. The van der Waals surface area contributed by atoms with Crippen molar-refractivity contribution in [3.8, 4) is 0 Å². The van der Waals surface area contributed by atoms with Crippen LogP contribution < -0.4 is 5.32 Å². The Morgan fingerprint density at radius 1 is 1.32 bits per heavy atom. The number of thiophene rings is 1. The summed E-state index contributed by atoms with van der Waals surface area (Å²) < 4.78 is 1.82. The lowest BCUT2D eigenvalue weighted by Crippen LogP contribution is -2.23. The summed E-state index contributed by atoms with van der Waals surface area (Å²) in [7, 11) is 0. The second-order valence-electron chi connectivity index (χ2n) is 4.47. The van der Waals surface area contributed by atoms with Crippen LogP contribution in [0.15, 0.2) is 40.9 Å². The zero-order valence-electron chi connectivity index (χ0n) is 10.8. The second kappa shape index (κ2) is 7.44. The van der Waals surface area contributed by atoms with Crippen molar-refractivity contribution in [3.05, 3.63) is 55.6 Å². The normalized spacial score (nSPS) is 12.6. The Hall–Kier alpha value is -0.350. The van der Waals surface area contributed by atoms with E-state index in [0.717, 1.165) is 28.2 Å². The predicted molar refractivity (Wildman–Crippen MR) is 88.2 cm³/mol. The number of benzene rings is 1. The lowest BCUT2D eigenvalue weighted by atomic mass is 10.0. The molecule has 1 atom stereocenters. The van der Waals surface area contributed by atoms with Crippen LogP contribution in [0.1, 0.15) is 29.8 Å². The van der Waals surface area contributed by atoms with Crippen molar-refractivity contribution in [2.24, 2.45) is 0 Å². The van der Waals surface area contributed by atoms with E-state index in [9.17, 15) is 0 Å². The van der Waals surface area contributed by atoms with E-state index in [4.69, 9.17) is 11.6 Å². The van der Waals surface area contributed by atoms with Crippen LogP contribution >= 0.6 is 38.9 Å². The highest BCUT2D eigenvalue weighted by Gasteiger charge is 2.15. The van der Waals surface area contributed by atoms with Gasteiger partial charge in [0, 0.05) is 15.4 Å². The van der Waals surface area contributed by atoms with Gasteiger partial charge in [-0.25, -0.2) is 0 Å². The molecule has 2 rings (SSSR count). The summed E-state index contributed by atoms with van der Waals surface area (Å²) in [5, 5.41) is 3.61. The third-order valence-corrected chi connectivity index (χ3v) is 5.52. The van der Waals surface area contributed by atoms with Crippen molar-refractivity contribution in [2.75, 3.05) is 6.54 Å². The van der Waals surface area contributed by atoms with Crippen LogP contribution in [-0.2, 0) is 6.42 Å². The first-order valence-electron chi connectivity index (χ1n) is 6.42. The van der Waals surface area contributed by atoms with E-state index < -0.39 is 0 Å². The average Bonchev–Trinajstić information content (AvgIpc) is 2.76. The van der Waals surface area contributed by atoms with Crippen LogP contribution in [0, 0.1) is 0 Å². The Morgan fingerprint density at radius 3 is 2.63 bits per heavy atom. The van der Waals surface area contributed by atoms with Crippen LogP contribution in [0.3, 0.4) is 0 Å². The first kappa shape index (κ1) is 15.0. The molecule has 4 heteroatoms. The van der Waals surface area contributed by atoms with Gasteiger partial charge in [0.15, 0.2) is 0 Å². The molecule has 2 aromatic rings. The molecule has 1 nitrogen and oxygen atoms in total. The van der Waals surface area contributed by atoms with Crippen LogP contribution in [0.2, 0.25) is 4.34 Å². The van der Waals surface area contributed by atoms with Gasteiger partial charge in [0.2, 0.25) is 0 Å². The van der Waals surface area contributed by atoms with Gasteiger partial charge in [-0.05, 0) is 46.9 Å². The third kappa shape index (κ3) is 4.32. The van der Waals surface area contributed by atoms with Crippen molar-refractivity contribution < 1.29 is 0 Å². The van der Waals surface area contributed by atoms with Crippen molar-refractivity contribution >= 4 is 38.9 Å². The summed E-state index contributed by atoms with van der Waals surface area (Å²) in [6.45, 7) is 3.20. The zero-order valence-corrected chi connectivity index (χ0v) is 14.0. The molecular formula is C15H17BrClNS. The van der Waals surface area contributed by atoms with E-state index in [0.29, 0.717) is 6.04 Å². The smallest absolute Gasteiger partial charge is 0.107 e. The van der Waals surface area contributed by atoms with Crippen molar-refractivity contribution in [1.29, 1.82) is 0 Å². The molecule has 0 saturated carbocycles. The topological polar surface area (TPSA) is 12.0 Å². The molecule has 0 radical (unpaired) electrons. The first-order chi connectivity index (χ1) is 9.20. The van der Waals surface area contributed by atoms with Crippen LogP contribution in [-0.4, -0.2) is 6.54 Å². The Kier molecular flexibility index (Phi) is 5.89. The molecule has 0 aliphatic carbocycles. The zero-order chi connectivity index (χ0) is 13.7. The summed E-state index contributed by atoms with van der Waals surface area (Å²) in [6.07, 6.45) is 2.12. The molecule has 0 bridgehead atoms. The van der Waals surface area contributed by atoms with Gasteiger partial charge < -0.3 is 5.32 Å². The largest absolute Gasteiger partial charge is 0.309 e. The van der Waals surface area contributed by atoms with Gasteiger partial charge in [-0.15, -0.1) is 11.3 Å². The van der Waals surface area contributed by atoms with E-state index in [2.05, 4.69) is 64.6 Å². The number of hydrogen-bond donors (Lipinski definition) is 1. The SMILES string of the molecule is CCCNC(Cc1ccccc1)c1cc(Br)c(Cl)s1. The van der Waals surface area contributed by atoms with E-state index in [1.807, 2.05) is 0 Å². The maximum Gasteiger partial charge on any atom is 0.107 e. The molecule has 1 heterocycles. The predicted octanol–water partition coefficient (Wildman–Crippen LogP) is 5.45. The maximum absolute atomic E-state index is 6.15. The molecule has 0 amide bonds. The molecule has 0 saturated heterocycles. The lowest BCUT2D eigenvalue weighted by Gasteiger charge is -2.17. The highest BCUT2D eigenvalue weighted by molar-refractivity contribution is 9.10. The standard InChI is InChI=1S/C15H17BrClNS/c1-2-8-18-13(9-11-6-4-3-5-7-11)14-10-12(16)15(17)19-14/h3-7,10,13,18H,2,8-9H2,1H3. The van der Waals surface area contributed by atoms with Gasteiger partial charge in [-0.3, -0.25) is 0 Å². The monoisotopic (exact) mass is 357 g/mol. The summed E-state index contributed by atoms with van der Waals surface area (Å²) in [5.74, 6) is 0. The number of hydrogen-bond acceptors (Lipinski definition) is 2. The molecule has 0 aliphatic heterocycles. The summed E-state index contributed by atoms with van der Waals surface area (Å²) in [5.41, 5.74) is 1.34. The minimum absolute atomic E-state index is 0.330. The van der Waals surface area contributed by atoms with Crippen LogP contribution in [0.5, 0.6) is 0 Å². The quantitative estimate of drug-likeness (QED) is 0.724. The fraction of sp³-hybridized carbons (Fsp3) is 0.333. The van der Waals surface area contributed by atoms with Crippen molar-refractivity contribution in [2.45, 2.75) is 25.8 Å².